The Balaban J connectivity index is 0.00000133. The van der Waals surface area contributed by atoms with Gasteiger partial charge in [-0.2, -0.15) is 0 Å². The van der Waals surface area contributed by atoms with Crippen LogP contribution in [0.25, 0.3) is 33.9 Å². The average molecular weight is 691 g/mol. The monoisotopic (exact) mass is 691 g/mol. The van der Waals surface area contributed by atoms with Gasteiger partial charge >= 0.3 is 0 Å². The Morgan fingerprint density at radius 3 is 1.90 bits per heavy atom. The fraction of sp³-hybridized carbons (Fsp3) is 0.571. The van der Waals surface area contributed by atoms with E-state index in [1.807, 2.05) is 13.8 Å². The van der Waals surface area contributed by atoms with Gasteiger partial charge in [0.05, 0.1) is 16.9 Å². The van der Waals surface area contributed by atoms with Gasteiger partial charge in [0.25, 0.3) is 0 Å². The second-order valence-corrected chi connectivity index (χ2v) is 15.3. The first-order valence-electron chi connectivity index (χ1n) is 21.0. The molecule has 2 nitrogen and oxygen atoms in total. The number of allylic oxidation sites excluding steroid dienone is 3. The molecule has 0 N–H and O–H groups in total. The Bertz CT molecular complexity index is 1740. The van der Waals surface area contributed by atoms with Crippen LogP contribution in [0.5, 0.6) is 0 Å². The van der Waals surface area contributed by atoms with Crippen molar-refractivity contribution in [3.05, 3.63) is 87.6 Å². The van der Waals surface area contributed by atoms with Gasteiger partial charge in [-0.15, -0.1) is 0 Å². The lowest BCUT2D eigenvalue weighted by molar-refractivity contribution is 0.322. The molecule has 2 atom stereocenters. The molecule has 0 saturated carbocycles. The zero-order valence-corrected chi connectivity index (χ0v) is 35.4. The third-order valence-corrected chi connectivity index (χ3v) is 11.8. The summed E-state index contributed by atoms with van der Waals surface area (Å²) in [5.74, 6) is 1.78. The van der Waals surface area contributed by atoms with Crippen LogP contribution in [-0.2, 0) is 12.8 Å². The summed E-state index contributed by atoms with van der Waals surface area (Å²) in [5.41, 5.74) is 14.9. The molecule has 0 radical (unpaired) electrons. The second-order valence-electron chi connectivity index (χ2n) is 15.3. The Morgan fingerprint density at radius 1 is 0.843 bits per heavy atom. The number of aryl methyl sites for hydroxylation is 3. The van der Waals surface area contributed by atoms with Crippen LogP contribution in [0.4, 0.5) is 0 Å². The van der Waals surface area contributed by atoms with Crippen molar-refractivity contribution in [2.45, 2.75) is 167 Å². The van der Waals surface area contributed by atoms with Crippen LogP contribution in [0.1, 0.15) is 173 Å². The molecular weight excluding hydrogens is 617 g/mol. The highest BCUT2D eigenvalue weighted by Crippen LogP contribution is 2.50. The van der Waals surface area contributed by atoms with Gasteiger partial charge in [0.15, 0.2) is 0 Å². The van der Waals surface area contributed by atoms with Crippen molar-refractivity contribution in [2.24, 2.45) is 17.3 Å². The average Bonchev–Trinajstić information content (AvgIpc) is 3.48. The van der Waals surface area contributed by atoms with E-state index in [0.717, 1.165) is 43.4 Å². The van der Waals surface area contributed by atoms with E-state index in [9.17, 15) is 0 Å². The zero-order valence-electron chi connectivity index (χ0n) is 35.4. The predicted octanol–water partition coefficient (Wildman–Crippen LogP) is 15.4. The third kappa shape index (κ3) is 8.92. The van der Waals surface area contributed by atoms with Crippen molar-refractivity contribution in [3.63, 3.8) is 0 Å². The number of hydrogen-bond donors (Lipinski definition) is 0. The molecule has 1 aliphatic rings. The van der Waals surface area contributed by atoms with Crippen LogP contribution >= 0.6 is 0 Å². The lowest BCUT2D eigenvalue weighted by Gasteiger charge is -2.38. The minimum absolute atomic E-state index is 0.0516. The highest BCUT2D eigenvalue weighted by Gasteiger charge is 2.37. The molecule has 0 spiro atoms. The van der Waals surface area contributed by atoms with Crippen molar-refractivity contribution >= 4 is 22.6 Å². The number of pyridine rings is 1. The molecular formula is C49H74N2. The summed E-state index contributed by atoms with van der Waals surface area (Å²) in [6, 6.07) is 12.0. The van der Waals surface area contributed by atoms with Gasteiger partial charge in [-0.1, -0.05) is 151 Å². The summed E-state index contributed by atoms with van der Waals surface area (Å²) in [7, 11) is 0. The minimum atomic E-state index is 0.0516. The maximum absolute atomic E-state index is 5.54. The highest BCUT2D eigenvalue weighted by atomic mass is 15.0. The molecule has 0 amide bonds. The maximum Gasteiger partial charge on any atom is 0.142 e. The molecule has 5 rings (SSSR count). The number of nitrogens with zero attached hydrogens (tertiary/aromatic N) is 2. The molecule has 4 aromatic rings. The van der Waals surface area contributed by atoms with E-state index >= 15 is 0 Å². The van der Waals surface area contributed by atoms with Crippen molar-refractivity contribution < 1.29 is 0 Å². The summed E-state index contributed by atoms with van der Waals surface area (Å²) in [4.78, 5) is 5.54. The number of aromatic nitrogens is 2. The Kier molecular flexibility index (Phi) is 16.3. The first kappa shape index (κ1) is 42.3. The van der Waals surface area contributed by atoms with Gasteiger partial charge in [0.1, 0.15) is 5.65 Å². The van der Waals surface area contributed by atoms with Crippen LogP contribution in [-0.4, -0.2) is 9.38 Å². The molecule has 2 aromatic heterocycles. The van der Waals surface area contributed by atoms with Gasteiger partial charge in [-0.3, -0.25) is 4.40 Å². The van der Waals surface area contributed by atoms with E-state index in [2.05, 4.69) is 142 Å². The molecule has 0 saturated heterocycles. The van der Waals surface area contributed by atoms with Gasteiger partial charge in [-0.05, 0) is 110 Å². The quantitative estimate of drug-likeness (QED) is 0.128. The van der Waals surface area contributed by atoms with Gasteiger partial charge in [-0.25, -0.2) is 4.98 Å². The van der Waals surface area contributed by atoms with E-state index < -0.39 is 0 Å². The standard InChI is InChI=1S/C44H60N2.C3H8.C2H6/c1-11-17-24-44(10,16-6)38-23-19-22-36-37-27-34(25-32(12-2)13-3)35(26-33(14-4)15-5)28-39(37)46-42(31(9)45-43(46)41(36)38)40-29(7)20-18-21-30(40)8;1-3-2;1-2/h17-22,24,27-28,32-33,38H,11-16,23,25-26H2,1-10H3;3H2,1-2H3;1-2H3. The van der Waals surface area contributed by atoms with Crippen molar-refractivity contribution in [1.29, 1.82) is 0 Å². The molecule has 280 valence electrons. The van der Waals surface area contributed by atoms with Crippen LogP contribution < -0.4 is 0 Å². The van der Waals surface area contributed by atoms with E-state index in [1.165, 1.54) is 76.5 Å². The number of hydrogen-bond acceptors (Lipinski definition) is 1. The Morgan fingerprint density at radius 2 is 1.39 bits per heavy atom. The smallest absolute Gasteiger partial charge is 0.142 e. The van der Waals surface area contributed by atoms with Gasteiger partial charge < -0.3 is 0 Å². The van der Waals surface area contributed by atoms with Crippen LogP contribution in [0.15, 0.2) is 48.6 Å². The van der Waals surface area contributed by atoms with Crippen molar-refractivity contribution in [1.82, 2.24) is 9.38 Å². The third-order valence-electron chi connectivity index (χ3n) is 11.8. The minimum Gasteiger partial charge on any atom is -0.292 e. The molecule has 1 aliphatic carbocycles. The van der Waals surface area contributed by atoms with Gasteiger partial charge in [0, 0.05) is 22.4 Å². The fourth-order valence-electron chi connectivity index (χ4n) is 8.35. The first-order valence-corrected chi connectivity index (χ1v) is 21.0. The van der Waals surface area contributed by atoms with E-state index in [-0.39, 0.29) is 5.41 Å². The molecule has 2 heterocycles. The molecule has 0 fully saturated rings. The number of benzene rings is 2. The zero-order chi connectivity index (χ0) is 37.9. The topological polar surface area (TPSA) is 17.3 Å². The van der Waals surface area contributed by atoms with Crippen molar-refractivity contribution in [2.75, 3.05) is 0 Å². The number of rotatable bonds is 13. The fourth-order valence-corrected chi connectivity index (χ4v) is 8.35. The molecule has 2 unspecified atom stereocenters. The molecule has 2 heteroatoms. The van der Waals surface area contributed by atoms with E-state index in [0.29, 0.717) is 17.8 Å². The Hall–Kier alpha value is -3.13. The summed E-state index contributed by atoms with van der Waals surface area (Å²) in [6.45, 7) is 31.6. The maximum atomic E-state index is 5.54. The lowest BCUT2D eigenvalue weighted by atomic mass is 9.67. The number of imidazole rings is 1. The summed E-state index contributed by atoms with van der Waals surface area (Å²) < 4.78 is 2.60. The SMILES string of the molecule is CC.CCC.CCC=CC(C)(CC)C1CC=Cc2c1c1nc(C)c(-c3c(C)cccc3C)n1c1cc(CC(CC)CC)c(CC(CC)CC)cc21. The second kappa shape index (κ2) is 19.6. The van der Waals surface area contributed by atoms with E-state index in [1.54, 1.807) is 11.1 Å². The normalized spacial score (nSPS) is 15.3. The van der Waals surface area contributed by atoms with Crippen LogP contribution in [0, 0.1) is 38.0 Å². The van der Waals surface area contributed by atoms with Crippen molar-refractivity contribution in [3.8, 4) is 11.3 Å². The molecule has 0 bridgehead atoms. The molecule has 2 aromatic carbocycles. The summed E-state index contributed by atoms with van der Waals surface area (Å²) in [5, 5.41) is 1.40. The summed E-state index contributed by atoms with van der Waals surface area (Å²) in [6.07, 6.45) is 21.5. The summed E-state index contributed by atoms with van der Waals surface area (Å²) >= 11 is 0. The number of fused-ring (bicyclic) bond motifs is 6. The molecule has 0 aliphatic heterocycles. The van der Waals surface area contributed by atoms with Gasteiger partial charge in [0.2, 0.25) is 0 Å². The largest absolute Gasteiger partial charge is 0.292 e. The first-order chi connectivity index (χ1) is 24.6. The highest BCUT2D eigenvalue weighted by molar-refractivity contribution is 5.97. The predicted molar refractivity (Wildman–Crippen MR) is 229 cm³/mol. The Labute approximate surface area is 314 Å². The van der Waals surface area contributed by atoms with E-state index in [4.69, 9.17) is 4.98 Å². The van der Waals surface area contributed by atoms with Crippen LogP contribution in [0.3, 0.4) is 0 Å². The van der Waals surface area contributed by atoms with Crippen LogP contribution in [0.2, 0.25) is 0 Å². The molecule has 51 heavy (non-hydrogen) atoms. The lowest BCUT2D eigenvalue weighted by Crippen LogP contribution is -2.25.